The lowest BCUT2D eigenvalue weighted by molar-refractivity contribution is -0.147. The first-order valence-corrected chi connectivity index (χ1v) is 11.5. The molecule has 1 N–H and O–H groups in total. The number of alkyl halides is 3. The summed E-state index contributed by atoms with van der Waals surface area (Å²) in [4.78, 5) is 12.6. The highest BCUT2D eigenvalue weighted by molar-refractivity contribution is 6.01. The number of carboxylic acids is 1. The van der Waals surface area contributed by atoms with E-state index in [0.717, 1.165) is 21.9 Å². The van der Waals surface area contributed by atoms with Crippen LogP contribution in [0.15, 0.2) is 48.5 Å². The van der Waals surface area contributed by atoms with E-state index in [1.54, 1.807) is 19.2 Å². The van der Waals surface area contributed by atoms with Gasteiger partial charge >= 0.3 is 12.1 Å². The van der Waals surface area contributed by atoms with Crippen molar-refractivity contribution in [1.29, 1.82) is 0 Å². The number of carboxylic acid groups (broad SMARTS) is 1. The summed E-state index contributed by atoms with van der Waals surface area (Å²) in [6, 6.07) is 14.7. The first kappa shape index (κ1) is 24.9. The molecule has 1 aliphatic heterocycles. The maximum Gasteiger partial charge on any atom is 0.401 e. The van der Waals surface area contributed by atoms with Gasteiger partial charge in [0, 0.05) is 18.0 Å². The summed E-state index contributed by atoms with van der Waals surface area (Å²) in [5.74, 6) is 0.176. The van der Waals surface area contributed by atoms with Crippen LogP contribution >= 0.6 is 0 Å². The summed E-state index contributed by atoms with van der Waals surface area (Å²) in [6.45, 7) is -0.598. The summed E-state index contributed by atoms with van der Waals surface area (Å²) >= 11 is 0. The fourth-order valence-electron chi connectivity index (χ4n) is 5.14. The van der Waals surface area contributed by atoms with E-state index in [4.69, 9.17) is 14.6 Å². The minimum absolute atomic E-state index is 0.0161. The second-order valence-corrected chi connectivity index (χ2v) is 8.72. The fourth-order valence-corrected chi connectivity index (χ4v) is 5.14. The lowest BCUT2D eigenvalue weighted by Crippen LogP contribution is -2.34. The van der Waals surface area contributed by atoms with E-state index in [2.05, 4.69) is 0 Å². The molecule has 1 atom stereocenters. The molecule has 1 saturated heterocycles. The average Bonchev–Trinajstić information content (AvgIpc) is 3.27. The van der Waals surface area contributed by atoms with Crippen LogP contribution in [0.25, 0.3) is 21.9 Å². The Labute approximate surface area is 202 Å². The fraction of sp³-hybridized carbons (Fsp3) is 0.370. The number of benzene rings is 3. The predicted octanol–water partition coefficient (Wildman–Crippen LogP) is 6.24. The zero-order valence-electron chi connectivity index (χ0n) is 19.7. The Balaban J connectivity index is 1.88. The third-order valence-corrected chi connectivity index (χ3v) is 6.57. The molecule has 0 radical (unpaired) electrons. The van der Waals surface area contributed by atoms with Crippen LogP contribution in [-0.4, -0.2) is 49.5 Å². The van der Waals surface area contributed by atoms with Gasteiger partial charge in [0.1, 0.15) is 11.5 Å². The number of hydrogen-bond donors (Lipinski definition) is 1. The quantitative estimate of drug-likeness (QED) is 0.408. The molecule has 0 spiro atoms. The number of methoxy groups -OCH3 is 2. The molecule has 8 heteroatoms. The smallest absolute Gasteiger partial charge is 0.401 e. The van der Waals surface area contributed by atoms with Crippen molar-refractivity contribution >= 4 is 16.7 Å². The average molecular weight is 488 g/mol. The Bertz CT molecular complexity index is 1230. The first-order chi connectivity index (χ1) is 16.7. The van der Waals surface area contributed by atoms with E-state index < -0.39 is 24.7 Å². The Hall–Kier alpha value is -3.26. The minimum Gasteiger partial charge on any atom is -0.496 e. The SMILES string of the molecule is COc1ccc(C2CCCN2CC(F)(F)F)c(OC)c1-c1cccc2c(CCC(=O)O)cccc12. The third kappa shape index (κ3) is 5.22. The number of fused-ring (bicyclic) bond motifs is 1. The van der Waals surface area contributed by atoms with Crippen molar-refractivity contribution in [2.24, 2.45) is 0 Å². The van der Waals surface area contributed by atoms with Gasteiger partial charge in [0.25, 0.3) is 0 Å². The molecule has 0 saturated carbocycles. The Morgan fingerprint density at radius 1 is 1.06 bits per heavy atom. The number of ether oxygens (including phenoxy) is 2. The van der Waals surface area contributed by atoms with Gasteiger partial charge in [-0.3, -0.25) is 9.69 Å². The van der Waals surface area contributed by atoms with Crippen molar-refractivity contribution in [1.82, 2.24) is 4.90 Å². The van der Waals surface area contributed by atoms with Crippen molar-refractivity contribution in [2.45, 2.75) is 37.9 Å². The summed E-state index contributed by atoms with van der Waals surface area (Å²) < 4.78 is 51.2. The highest BCUT2D eigenvalue weighted by Crippen LogP contribution is 2.48. The lowest BCUT2D eigenvalue weighted by atomic mass is 9.90. The number of carbonyl (C=O) groups is 1. The summed E-state index contributed by atoms with van der Waals surface area (Å²) in [5, 5.41) is 10.9. The molecule has 0 aromatic heterocycles. The van der Waals surface area contributed by atoms with Gasteiger partial charge in [-0.2, -0.15) is 13.2 Å². The third-order valence-electron chi connectivity index (χ3n) is 6.57. The molecule has 3 aromatic rings. The molecule has 0 bridgehead atoms. The van der Waals surface area contributed by atoms with Crippen LogP contribution in [0, 0.1) is 0 Å². The van der Waals surface area contributed by atoms with E-state index in [1.165, 1.54) is 12.0 Å². The van der Waals surface area contributed by atoms with E-state index in [1.807, 2.05) is 36.4 Å². The van der Waals surface area contributed by atoms with Crippen LogP contribution in [0.1, 0.15) is 36.4 Å². The monoisotopic (exact) mass is 487 g/mol. The number of hydrogen-bond acceptors (Lipinski definition) is 4. The lowest BCUT2D eigenvalue weighted by Gasteiger charge is -2.28. The number of likely N-dealkylation sites (tertiary alicyclic amines) is 1. The van der Waals surface area contributed by atoms with Gasteiger partial charge in [-0.15, -0.1) is 0 Å². The van der Waals surface area contributed by atoms with Crippen LogP contribution in [0.2, 0.25) is 0 Å². The molecule has 5 nitrogen and oxygen atoms in total. The van der Waals surface area contributed by atoms with Crippen molar-refractivity contribution in [3.8, 4) is 22.6 Å². The Morgan fingerprint density at radius 2 is 1.80 bits per heavy atom. The van der Waals surface area contributed by atoms with Gasteiger partial charge in [0.2, 0.25) is 0 Å². The standard InChI is InChI=1S/C27H28F3NO4/c1-34-23-13-12-21(22-10-5-15-31(22)16-27(28,29)30)26(35-2)25(23)20-9-4-7-18-17(11-14-24(32)33)6-3-8-19(18)20/h3-4,6-9,12-13,22H,5,10-11,14-16H2,1-2H3,(H,32,33). The number of aryl methyl sites for hydroxylation is 1. The maximum atomic E-state index is 13.2. The van der Waals surface area contributed by atoms with Crippen molar-refractivity contribution in [3.05, 3.63) is 59.7 Å². The summed E-state index contributed by atoms with van der Waals surface area (Å²) in [6.07, 6.45) is -2.60. The van der Waals surface area contributed by atoms with E-state index in [9.17, 15) is 18.0 Å². The molecule has 0 amide bonds. The van der Waals surface area contributed by atoms with Crippen LogP contribution in [0.5, 0.6) is 11.5 Å². The number of rotatable bonds is 8. The van der Waals surface area contributed by atoms with E-state index in [0.29, 0.717) is 48.4 Å². The molecular weight excluding hydrogens is 459 g/mol. The van der Waals surface area contributed by atoms with Gasteiger partial charge < -0.3 is 14.6 Å². The van der Waals surface area contributed by atoms with Gasteiger partial charge in [-0.1, -0.05) is 42.5 Å². The number of nitrogens with zero attached hydrogens (tertiary/aromatic N) is 1. The Morgan fingerprint density at radius 3 is 2.49 bits per heavy atom. The Kier molecular flexibility index (Phi) is 7.21. The second kappa shape index (κ2) is 10.2. The van der Waals surface area contributed by atoms with Crippen LogP contribution < -0.4 is 9.47 Å². The topological polar surface area (TPSA) is 59.0 Å². The normalized spacial score (nSPS) is 16.5. The van der Waals surface area contributed by atoms with Crippen molar-refractivity contribution in [2.75, 3.05) is 27.3 Å². The molecule has 1 unspecified atom stereocenters. The van der Waals surface area contributed by atoms with Crippen LogP contribution in [0.4, 0.5) is 13.2 Å². The molecule has 1 heterocycles. The van der Waals surface area contributed by atoms with Gasteiger partial charge in [0.05, 0.1) is 26.3 Å². The van der Waals surface area contributed by atoms with E-state index in [-0.39, 0.29) is 6.42 Å². The molecule has 186 valence electrons. The largest absolute Gasteiger partial charge is 0.496 e. The first-order valence-electron chi connectivity index (χ1n) is 11.5. The van der Waals surface area contributed by atoms with Crippen molar-refractivity contribution < 1.29 is 32.5 Å². The molecule has 35 heavy (non-hydrogen) atoms. The highest BCUT2D eigenvalue weighted by atomic mass is 19.4. The highest BCUT2D eigenvalue weighted by Gasteiger charge is 2.38. The van der Waals surface area contributed by atoms with Crippen molar-refractivity contribution in [3.63, 3.8) is 0 Å². The zero-order chi connectivity index (χ0) is 25.2. The molecule has 1 fully saturated rings. The summed E-state index contributed by atoms with van der Waals surface area (Å²) in [7, 11) is 3.07. The second-order valence-electron chi connectivity index (χ2n) is 8.72. The summed E-state index contributed by atoms with van der Waals surface area (Å²) in [5.41, 5.74) is 3.10. The molecule has 3 aromatic carbocycles. The van der Waals surface area contributed by atoms with Crippen LogP contribution in [-0.2, 0) is 11.2 Å². The molecule has 4 rings (SSSR count). The minimum atomic E-state index is -4.28. The zero-order valence-corrected chi connectivity index (χ0v) is 19.7. The maximum absolute atomic E-state index is 13.2. The van der Waals surface area contributed by atoms with Crippen LogP contribution in [0.3, 0.4) is 0 Å². The molecule has 1 aliphatic rings. The molecular formula is C27H28F3NO4. The van der Waals surface area contributed by atoms with Gasteiger partial charge in [0.15, 0.2) is 0 Å². The molecule has 0 aliphatic carbocycles. The van der Waals surface area contributed by atoms with Gasteiger partial charge in [-0.05, 0) is 53.8 Å². The number of halogens is 3. The predicted molar refractivity (Wildman–Crippen MR) is 128 cm³/mol. The van der Waals surface area contributed by atoms with Gasteiger partial charge in [-0.25, -0.2) is 0 Å². The van der Waals surface area contributed by atoms with E-state index >= 15 is 0 Å². The number of aliphatic carboxylic acids is 1.